The first-order valence-corrected chi connectivity index (χ1v) is 6.35. The molecule has 0 fully saturated rings. The maximum Gasteiger partial charge on any atom is 0.241 e. The second-order valence-electron chi connectivity index (χ2n) is 4.42. The summed E-state index contributed by atoms with van der Waals surface area (Å²) in [6.45, 7) is 0.748. The normalized spacial score (nSPS) is 10.2. The van der Waals surface area contributed by atoms with Gasteiger partial charge in [0.25, 0.3) is 0 Å². The first-order valence-electron chi connectivity index (χ1n) is 6.35. The van der Waals surface area contributed by atoms with Crippen molar-refractivity contribution in [2.75, 3.05) is 19.4 Å². The van der Waals surface area contributed by atoms with Gasteiger partial charge in [0.2, 0.25) is 5.91 Å². The zero-order chi connectivity index (χ0) is 14.4. The van der Waals surface area contributed by atoms with Crippen LogP contribution in [0.2, 0.25) is 0 Å². The number of ether oxygens (including phenoxy) is 1. The molecular formula is C14H18N4O2. The van der Waals surface area contributed by atoms with E-state index in [1.165, 1.54) is 10.9 Å². The van der Waals surface area contributed by atoms with Gasteiger partial charge in [-0.25, -0.2) is 0 Å². The molecule has 0 aliphatic carbocycles. The average Bonchev–Trinajstić information content (AvgIpc) is 2.84. The number of rotatable bonds is 6. The molecule has 1 heterocycles. The number of hydrogen-bond donors (Lipinski definition) is 2. The molecule has 6 heteroatoms. The molecule has 0 saturated carbocycles. The van der Waals surface area contributed by atoms with Crippen molar-refractivity contribution in [1.82, 2.24) is 15.1 Å². The second-order valence-corrected chi connectivity index (χ2v) is 4.42. The number of nitrogens with zero attached hydrogens (tertiary/aromatic N) is 2. The summed E-state index contributed by atoms with van der Waals surface area (Å²) < 4.78 is 6.66. The van der Waals surface area contributed by atoms with Crippen LogP contribution in [-0.2, 0) is 17.8 Å². The molecule has 1 aromatic heterocycles. The fraction of sp³-hybridized carbons (Fsp3) is 0.286. The highest BCUT2D eigenvalue weighted by Gasteiger charge is 2.03. The first-order chi connectivity index (χ1) is 9.67. The number of benzene rings is 1. The monoisotopic (exact) mass is 274 g/mol. The minimum absolute atomic E-state index is 0.0870. The number of amides is 1. The summed E-state index contributed by atoms with van der Waals surface area (Å²) in [6.07, 6.45) is 3.90. The van der Waals surface area contributed by atoms with Gasteiger partial charge in [-0.05, 0) is 24.1 Å². The predicted molar refractivity (Wildman–Crippen MR) is 76.3 cm³/mol. The minimum atomic E-state index is -0.0870. The molecule has 2 aromatic rings. The molecule has 2 rings (SSSR count). The van der Waals surface area contributed by atoms with E-state index in [0.29, 0.717) is 12.2 Å². The summed E-state index contributed by atoms with van der Waals surface area (Å²) in [7, 11) is 1.64. The highest BCUT2D eigenvalue weighted by molar-refractivity contribution is 5.75. The van der Waals surface area contributed by atoms with Crippen molar-refractivity contribution >= 4 is 11.6 Å². The van der Waals surface area contributed by atoms with Gasteiger partial charge in [0.05, 0.1) is 19.0 Å². The van der Waals surface area contributed by atoms with Gasteiger partial charge in [0.15, 0.2) is 0 Å². The Morgan fingerprint density at radius 3 is 3.05 bits per heavy atom. The molecule has 0 atom stereocenters. The molecule has 6 nitrogen and oxygen atoms in total. The number of nitrogens with two attached hydrogens (primary N) is 1. The molecule has 106 valence electrons. The average molecular weight is 274 g/mol. The van der Waals surface area contributed by atoms with Crippen molar-refractivity contribution in [2.45, 2.75) is 13.0 Å². The fourth-order valence-corrected chi connectivity index (χ4v) is 1.84. The lowest BCUT2D eigenvalue weighted by molar-refractivity contribution is -0.121. The Kier molecular flexibility index (Phi) is 4.60. The summed E-state index contributed by atoms with van der Waals surface area (Å²) in [4.78, 5) is 11.7. The number of hydrogen-bond acceptors (Lipinski definition) is 4. The summed E-state index contributed by atoms with van der Waals surface area (Å²) in [5.74, 6) is 0.733. The lowest BCUT2D eigenvalue weighted by Crippen LogP contribution is -2.29. The minimum Gasteiger partial charge on any atom is -0.497 e. The Morgan fingerprint density at radius 2 is 2.35 bits per heavy atom. The summed E-state index contributed by atoms with van der Waals surface area (Å²) in [5, 5.41) is 6.80. The van der Waals surface area contributed by atoms with E-state index in [9.17, 15) is 4.79 Å². The van der Waals surface area contributed by atoms with Crippen LogP contribution >= 0.6 is 0 Å². The van der Waals surface area contributed by atoms with E-state index >= 15 is 0 Å². The van der Waals surface area contributed by atoms with Gasteiger partial charge in [-0.3, -0.25) is 9.48 Å². The van der Waals surface area contributed by atoms with Crippen molar-refractivity contribution in [3.8, 4) is 5.75 Å². The van der Waals surface area contributed by atoms with Crippen LogP contribution in [0, 0.1) is 0 Å². The first kappa shape index (κ1) is 13.9. The molecule has 0 bridgehead atoms. The SMILES string of the molecule is COc1cccc(CCNC(=O)Cn2cc(N)cn2)c1. The highest BCUT2D eigenvalue weighted by atomic mass is 16.5. The maximum absolute atomic E-state index is 11.7. The molecular weight excluding hydrogens is 256 g/mol. The highest BCUT2D eigenvalue weighted by Crippen LogP contribution is 2.12. The molecule has 1 amide bonds. The third-order valence-electron chi connectivity index (χ3n) is 2.83. The lowest BCUT2D eigenvalue weighted by atomic mass is 10.1. The van der Waals surface area contributed by atoms with Crippen LogP contribution in [0.5, 0.6) is 5.75 Å². The third-order valence-corrected chi connectivity index (χ3v) is 2.83. The molecule has 0 radical (unpaired) electrons. The Labute approximate surface area is 117 Å². The molecule has 1 aromatic carbocycles. The van der Waals surface area contributed by atoms with Gasteiger partial charge < -0.3 is 15.8 Å². The largest absolute Gasteiger partial charge is 0.497 e. The van der Waals surface area contributed by atoms with E-state index in [1.807, 2.05) is 24.3 Å². The van der Waals surface area contributed by atoms with E-state index in [1.54, 1.807) is 13.3 Å². The summed E-state index contributed by atoms with van der Waals surface area (Å²) in [5.41, 5.74) is 7.20. The van der Waals surface area contributed by atoms with Gasteiger partial charge in [-0.15, -0.1) is 0 Å². The number of carbonyl (C=O) groups is 1. The fourth-order valence-electron chi connectivity index (χ4n) is 1.84. The number of anilines is 1. The van der Waals surface area contributed by atoms with Crippen LogP contribution in [-0.4, -0.2) is 29.3 Å². The molecule has 3 N–H and O–H groups in total. The van der Waals surface area contributed by atoms with Crippen LogP contribution in [0.25, 0.3) is 0 Å². The molecule has 0 aliphatic heterocycles. The van der Waals surface area contributed by atoms with Gasteiger partial charge in [0, 0.05) is 12.7 Å². The molecule has 0 aliphatic rings. The quantitative estimate of drug-likeness (QED) is 0.817. The third kappa shape index (κ3) is 4.01. The van der Waals surface area contributed by atoms with Crippen LogP contribution in [0.1, 0.15) is 5.56 Å². The Morgan fingerprint density at radius 1 is 1.50 bits per heavy atom. The molecule has 20 heavy (non-hydrogen) atoms. The number of nitrogen functional groups attached to an aromatic ring is 1. The van der Waals surface area contributed by atoms with Gasteiger partial charge in [-0.1, -0.05) is 12.1 Å². The van der Waals surface area contributed by atoms with Crippen molar-refractivity contribution < 1.29 is 9.53 Å². The second kappa shape index (κ2) is 6.60. The number of nitrogens with one attached hydrogen (secondary N) is 1. The molecule has 0 unspecified atom stereocenters. The number of carbonyl (C=O) groups excluding carboxylic acids is 1. The smallest absolute Gasteiger partial charge is 0.241 e. The van der Waals surface area contributed by atoms with Crippen LogP contribution in [0.3, 0.4) is 0 Å². The van der Waals surface area contributed by atoms with Crippen LogP contribution < -0.4 is 15.8 Å². The van der Waals surface area contributed by atoms with Gasteiger partial charge in [0.1, 0.15) is 12.3 Å². The number of methoxy groups -OCH3 is 1. The van der Waals surface area contributed by atoms with Gasteiger partial charge in [-0.2, -0.15) is 5.10 Å². The Balaban J connectivity index is 1.76. The van der Waals surface area contributed by atoms with E-state index in [4.69, 9.17) is 10.5 Å². The van der Waals surface area contributed by atoms with Crippen molar-refractivity contribution in [2.24, 2.45) is 0 Å². The standard InChI is InChI=1S/C14H18N4O2/c1-20-13-4-2-3-11(7-13)5-6-16-14(19)10-18-9-12(15)8-17-18/h2-4,7-9H,5-6,10,15H2,1H3,(H,16,19). The summed E-state index contributed by atoms with van der Waals surface area (Å²) >= 11 is 0. The van der Waals surface area contributed by atoms with Gasteiger partial charge >= 0.3 is 0 Å². The Hall–Kier alpha value is -2.50. The van der Waals surface area contributed by atoms with E-state index in [-0.39, 0.29) is 12.5 Å². The van der Waals surface area contributed by atoms with Crippen LogP contribution in [0.15, 0.2) is 36.7 Å². The molecule has 0 saturated heterocycles. The summed E-state index contributed by atoms with van der Waals surface area (Å²) in [6, 6.07) is 7.79. The predicted octanol–water partition coefficient (Wildman–Crippen LogP) is 0.833. The van der Waals surface area contributed by atoms with Crippen molar-refractivity contribution in [3.63, 3.8) is 0 Å². The zero-order valence-electron chi connectivity index (χ0n) is 11.4. The van der Waals surface area contributed by atoms with Crippen LogP contribution in [0.4, 0.5) is 5.69 Å². The lowest BCUT2D eigenvalue weighted by Gasteiger charge is -2.07. The molecule has 0 spiro atoms. The topological polar surface area (TPSA) is 82.2 Å². The van der Waals surface area contributed by atoms with E-state index < -0.39 is 0 Å². The van der Waals surface area contributed by atoms with E-state index in [2.05, 4.69) is 10.4 Å². The van der Waals surface area contributed by atoms with Crippen molar-refractivity contribution in [1.29, 1.82) is 0 Å². The zero-order valence-corrected chi connectivity index (χ0v) is 11.4. The Bertz CT molecular complexity index is 580. The number of aromatic nitrogens is 2. The van der Waals surface area contributed by atoms with E-state index in [0.717, 1.165) is 17.7 Å². The van der Waals surface area contributed by atoms with Crippen molar-refractivity contribution in [3.05, 3.63) is 42.2 Å². The maximum atomic E-state index is 11.7.